The van der Waals surface area contributed by atoms with Gasteiger partial charge in [0.05, 0.1) is 0 Å². The number of carboxylic acids is 1. The first-order valence-electron chi connectivity index (χ1n) is 1.88. The Morgan fingerprint density at radius 2 is 2.25 bits per heavy atom. The van der Waals surface area contributed by atoms with Gasteiger partial charge in [-0.1, -0.05) is 0 Å². The Bertz CT molecular complexity index is 68.3. The van der Waals surface area contributed by atoms with E-state index in [2.05, 4.69) is 10.9 Å². The molecule has 3 N–H and O–H groups in total. The molecule has 0 heterocycles. The molecule has 0 aromatic rings. The molecule has 0 unspecified atom stereocenters. The highest BCUT2D eigenvalue weighted by molar-refractivity contribution is 5.85. The lowest BCUT2D eigenvalue weighted by Crippen LogP contribution is -2.32. The predicted molar refractivity (Wildman–Crippen MR) is 31.9 cm³/mol. The van der Waals surface area contributed by atoms with Crippen molar-refractivity contribution in [2.24, 2.45) is 0 Å². The maximum Gasteiger partial charge on any atom is 0.318 e. The van der Waals surface area contributed by atoms with Crippen LogP contribution in [0.5, 0.6) is 0 Å². The summed E-state index contributed by atoms with van der Waals surface area (Å²) in [5, 5.41) is 7.94. The Morgan fingerprint density at radius 3 is 2.38 bits per heavy atom. The van der Waals surface area contributed by atoms with Crippen molar-refractivity contribution in [3.8, 4) is 0 Å². The largest absolute Gasteiger partial charge is 0.480 e. The summed E-state index contributed by atoms with van der Waals surface area (Å²) in [5.74, 6) is -0.866. The second-order valence-electron chi connectivity index (χ2n) is 0.997. The molecule has 8 heavy (non-hydrogen) atoms. The van der Waals surface area contributed by atoms with Gasteiger partial charge in [0.15, 0.2) is 0 Å². The number of carbonyl (C=O) groups is 1. The highest BCUT2D eigenvalue weighted by Gasteiger charge is 1.88. The third kappa shape index (κ3) is 9.19. The van der Waals surface area contributed by atoms with Crippen LogP contribution in [0.4, 0.5) is 0 Å². The molecule has 5 heteroatoms. The zero-order valence-electron chi connectivity index (χ0n) is 4.47. The average Bonchev–Trinajstić information content (AvgIpc) is 1.61. The zero-order valence-corrected chi connectivity index (χ0v) is 5.29. The number of rotatable bonds is 3. The quantitative estimate of drug-likeness (QED) is 0.450. The zero-order chi connectivity index (χ0) is 5.70. The molecule has 0 atom stereocenters. The highest BCUT2D eigenvalue weighted by Crippen LogP contribution is 1.51. The molecule has 0 saturated carbocycles. The van der Waals surface area contributed by atoms with Crippen LogP contribution < -0.4 is 10.9 Å². The molecular weight excluding hydrogens is 131 g/mol. The summed E-state index contributed by atoms with van der Waals surface area (Å²) in [7, 11) is 1.61. The van der Waals surface area contributed by atoms with Crippen LogP contribution >= 0.6 is 12.4 Å². The highest BCUT2D eigenvalue weighted by atomic mass is 35.5. The van der Waals surface area contributed by atoms with Crippen molar-refractivity contribution >= 4 is 18.4 Å². The van der Waals surface area contributed by atoms with Crippen LogP contribution in [0.1, 0.15) is 0 Å². The molecular formula is C3H9ClN2O2. The molecule has 0 saturated heterocycles. The summed E-state index contributed by atoms with van der Waals surface area (Å²) >= 11 is 0. The number of hydrogen-bond acceptors (Lipinski definition) is 3. The van der Waals surface area contributed by atoms with Crippen LogP contribution in [0, 0.1) is 0 Å². The lowest BCUT2D eigenvalue weighted by atomic mass is 10.7. The Balaban J connectivity index is 0. The molecule has 0 fully saturated rings. The van der Waals surface area contributed by atoms with Crippen molar-refractivity contribution in [2.45, 2.75) is 0 Å². The molecule has 0 radical (unpaired) electrons. The third-order valence-electron chi connectivity index (χ3n) is 0.416. The molecule has 0 rings (SSSR count). The minimum atomic E-state index is -0.866. The van der Waals surface area contributed by atoms with Gasteiger partial charge in [0.1, 0.15) is 6.54 Å². The number of hydrazine groups is 1. The van der Waals surface area contributed by atoms with E-state index >= 15 is 0 Å². The number of nitrogens with one attached hydrogen (secondary N) is 2. The average molecular weight is 141 g/mol. The second-order valence-corrected chi connectivity index (χ2v) is 0.997. The first-order chi connectivity index (χ1) is 3.27. The molecule has 0 aromatic heterocycles. The molecule has 0 aliphatic carbocycles. The Kier molecular flexibility index (Phi) is 8.87. The van der Waals surface area contributed by atoms with E-state index in [0.29, 0.717) is 0 Å². The molecule has 0 bridgehead atoms. The van der Waals surface area contributed by atoms with E-state index in [-0.39, 0.29) is 19.0 Å². The second kappa shape index (κ2) is 6.68. The summed E-state index contributed by atoms with van der Waals surface area (Å²) in [6, 6.07) is 0. The molecule has 0 aliphatic heterocycles. The molecule has 0 aliphatic rings. The fourth-order valence-electron chi connectivity index (χ4n) is 0.164. The van der Waals surface area contributed by atoms with E-state index in [1.165, 1.54) is 0 Å². The molecule has 0 amide bonds. The van der Waals surface area contributed by atoms with Gasteiger partial charge in [0, 0.05) is 0 Å². The van der Waals surface area contributed by atoms with Crippen LogP contribution in [-0.4, -0.2) is 24.7 Å². The lowest BCUT2D eigenvalue weighted by Gasteiger charge is -1.93. The summed E-state index contributed by atoms with van der Waals surface area (Å²) in [6.07, 6.45) is 0. The predicted octanol–water partition coefficient (Wildman–Crippen LogP) is -0.783. The number of hydrogen-bond donors (Lipinski definition) is 3. The van der Waals surface area contributed by atoms with Crippen molar-refractivity contribution in [3.05, 3.63) is 0 Å². The molecule has 0 spiro atoms. The number of halogens is 1. The van der Waals surface area contributed by atoms with E-state index in [1.807, 2.05) is 0 Å². The van der Waals surface area contributed by atoms with E-state index in [0.717, 1.165) is 0 Å². The SMILES string of the molecule is CNNCC(=O)O.Cl. The minimum absolute atomic E-state index is 0. The van der Waals surface area contributed by atoms with Gasteiger partial charge in [-0.05, 0) is 7.05 Å². The van der Waals surface area contributed by atoms with Crippen LogP contribution in [0.15, 0.2) is 0 Å². The maximum atomic E-state index is 9.66. The number of aliphatic carboxylic acids is 1. The standard InChI is InChI=1S/C3H8N2O2.ClH/c1-4-5-2-3(6)7;/h4-5H,2H2,1H3,(H,6,7);1H. The fraction of sp³-hybridized carbons (Fsp3) is 0.667. The van der Waals surface area contributed by atoms with Gasteiger partial charge >= 0.3 is 5.97 Å². The van der Waals surface area contributed by atoms with Gasteiger partial charge in [-0.2, -0.15) is 0 Å². The van der Waals surface area contributed by atoms with Gasteiger partial charge in [0.25, 0.3) is 0 Å². The number of carboxylic acid groups (broad SMARTS) is 1. The van der Waals surface area contributed by atoms with Gasteiger partial charge in [0.2, 0.25) is 0 Å². The topological polar surface area (TPSA) is 61.4 Å². The normalized spacial score (nSPS) is 7.62. The summed E-state index contributed by atoms with van der Waals surface area (Å²) in [6.45, 7) is -0.0451. The molecule has 0 aromatic carbocycles. The molecule has 4 nitrogen and oxygen atoms in total. The summed E-state index contributed by atoms with van der Waals surface area (Å²) < 4.78 is 0. The Labute approximate surface area is 53.6 Å². The van der Waals surface area contributed by atoms with Crippen LogP contribution in [0.2, 0.25) is 0 Å². The van der Waals surface area contributed by atoms with E-state index in [4.69, 9.17) is 5.11 Å². The third-order valence-corrected chi connectivity index (χ3v) is 0.416. The summed E-state index contributed by atoms with van der Waals surface area (Å²) in [5.41, 5.74) is 4.87. The Morgan fingerprint density at radius 1 is 1.75 bits per heavy atom. The van der Waals surface area contributed by atoms with Crippen molar-refractivity contribution in [1.29, 1.82) is 0 Å². The van der Waals surface area contributed by atoms with Crippen molar-refractivity contribution in [1.82, 2.24) is 10.9 Å². The van der Waals surface area contributed by atoms with Gasteiger partial charge < -0.3 is 5.11 Å². The first-order valence-corrected chi connectivity index (χ1v) is 1.88. The van der Waals surface area contributed by atoms with Crippen molar-refractivity contribution < 1.29 is 9.90 Å². The smallest absolute Gasteiger partial charge is 0.318 e. The first kappa shape index (κ1) is 10.6. The van der Waals surface area contributed by atoms with Gasteiger partial charge in [-0.3, -0.25) is 10.2 Å². The molecule has 50 valence electrons. The van der Waals surface area contributed by atoms with Crippen molar-refractivity contribution in [3.63, 3.8) is 0 Å². The monoisotopic (exact) mass is 140 g/mol. The van der Waals surface area contributed by atoms with E-state index < -0.39 is 5.97 Å². The van der Waals surface area contributed by atoms with E-state index in [1.54, 1.807) is 7.05 Å². The van der Waals surface area contributed by atoms with Gasteiger partial charge in [-0.25, -0.2) is 5.43 Å². The minimum Gasteiger partial charge on any atom is -0.480 e. The summed E-state index contributed by atoms with van der Waals surface area (Å²) in [4.78, 5) is 9.66. The maximum absolute atomic E-state index is 9.66. The van der Waals surface area contributed by atoms with E-state index in [9.17, 15) is 4.79 Å². The van der Waals surface area contributed by atoms with Crippen LogP contribution in [-0.2, 0) is 4.79 Å². The van der Waals surface area contributed by atoms with Crippen molar-refractivity contribution in [2.75, 3.05) is 13.6 Å². The van der Waals surface area contributed by atoms with Crippen LogP contribution in [0.3, 0.4) is 0 Å². The van der Waals surface area contributed by atoms with Gasteiger partial charge in [-0.15, -0.1) is 12.4 Å². The Hall–Kier alpha value is -0.320. The lowest BCUT2D eigenvalue weighted by molar-refractivity contribution is -0.136. The van der Waals surface area contributed by atoms with Crippen LogP contribution in [0.25, 0.3) is 0 Å². The fourth-order valence-corrected chi connectivity index (χ4v) is 0.164.